The van der Waals surface area contributed by atoms with Crippen LogP contribution in [0.25, 0.3) is 5.69 Å². The maximum Gasteiger partial charge on any atom is 0.270 e. The van der Waals surface area contributed by atoms with Gasteiger partial charge in [0, 0.05) is 24.4 Å². The quantitative estimate of drug-likeness (QED) is 0.523. The number of thiazole rings is 1. The number of nitrogens with one attached hydrogen (secondary N) is 1. The van der Waals surface area contributed by atoms with Crippen LogP contribution in [0.4, 0.5) is 5.82 Å². The predicted molar refractivity (Wildman–Crippen MR) is 104 cm³/mol. The molecule has 0 spiro atoms. The number of anilines is 1. The Morgan fingerprint density at radius 1 is 1.23 bits per heavy atom. The van der Waals surface area contributed by atoms with Gasteiger partial charge in [0.25, 0.3) is 5.91 Å². The van der Waals surface area contributed by atoms with Gasteiger partial charge < -0.3 is 16.8 Å². The molecule has 3 rings (SSSR count). The molecule has 0 bridgehead atoms. The summed E-state index contributed by atoms with van der Waals surface area (Å²) in [5, 5.41) is 10.1. The molecule has 1 aromatic carbocycles. The van der Waals surface area contributed by atoms with Crippen LogP contribution >= 0.6 is 11.3 Å². The first-order valence-corrected chi connectivity index (χ1v) is 9.38. The largest absolute Gasteiger partial charge is 0.384 e. The van der Waals surface area contributed by atoms with Crippen LogP contribution in [-0.2, 0) is 12.8 Å². The third-order valence-electron chi connectivity index (χ3n) is 3.83. The summed E-state index contributed by atoms with van der Waals surface area (Å²) in [4.78, 5) is 16.4. The van der Waals surface area contributed by atoms with Crippen molar-refractivity contribution in [2.24, 2.45) is 5.73 Å². The summed E-state index contributed by atoms with van der Waals surface area (Å²) in [5.41, 5.74) is 13.8. The molecule has 2 heterocycles. The lowest BCUT2D eigenvalue weighted by atomic mass is 10.2. The zero-order valence-electron chi connectivity index (χ0n) is 14.4. The van der Waals surface area contributed by atoms with E-state index in [1.54, 1.807) is 10.1 Å². The standard InChI is InChI=1S/C18H22N6OS/c19-9-8-17-22-15(12-26-17)18(25)21-10-4-5-13-11-16(20)24(23-13)14-6-2-1-3-7-14/h1-3,6-7,11-12H,4-5,8-10,19-20H2,(H,21,25). The minimum Gasteiger partial charge on any atom is -0.384 e. The summed E-state index contributed by atoms with van der Waals surface area (Å²) in [5.74, 6) is 0.448. The minimum absolute atomic E-state index is 0.154. The molecule has 3 aromatic rings. The van der Waals surface area contributed by atoms with Crippen LogP contribution in [0.15, 0.2) is 41.8 Å². The number of benzene rings is 1. The summed E-state index contributed by atoms with van der Waals surface area (Å²) < 4.78 is 1.72. The highest BCUT2D eigenvalue weighted by Gasteiger charge is 2.10. The smallest absolute Gasteiger partial charge is 0.270 e. The zero-order chi connectivity index (χ0) is 18.4. The molecule has 26 heavy (non-hydrogen) atoms. The highest BCUT2D eigenvalue weighted by atomic mass is 32.1. The molecule has 8 heteroatoms. The van der Waals surface area contributed by atoms with E-state index >= 15 is 0 Å². The van der Waals surface area contributed by atoms with E-state index in [0.29, 0.717) is 31.0 Å². The highest BCUT2D eigenvalue weighted by molar-refractivity contribution is 7.09. The first kappa shape index (κ1) is 18.1. The Balaban J connectivity index is 1.48. The van der Waals surface area contributed by atoms with Crippen molar-refractivity contribution in [2.45, 2.75) is 19.3 Å². The van der Waals surface area contributed by atoms with Crippen LogP contribution in [0.1, 0.15) is 27.6 Å². The first-order valence-electron chi connectivity index (χ1n) is 8.50. The third kappa shape index (κ3) is 4.47. The number of amides is 1. The average molecular weight is 370 g/mol. The van der Waals surface area contributed by atoms with E-state index in [4.69, 9.17) is 11.5 Å². The van der Waals surface area contributed by atoms with Gasteiger partial charge >= 0.3 is 0 Å². The molecule has 0 aliphatic rings. The van der Waals surface area contributed by atoms with Gasteiger partial charge in [0.05, 0.1) is 16.4 Å². The van der Waals surface area contributed by atoms with Crippen LogP contribution < -0.4 is 16.8 Å². The van der Waals surface area contributed by atoms with E-state index in [2.05, 4.69) is 15.4 Å². The monoisotopic (exact) mass is 370 g/mol. The number of nitrogens with two attached hydrogens (primary N) is 2. The lowest BCUT2D eigenvalue weighted by Gasteiger charge is -2.03. The van der Waals surface area contributed by atoms with Crippen LogP contribution in [-0.4, -0.2) is 33.8 Å². The number of nitrogens with zero attached hydrogens (tertiary/aromatic N) is 3. The molecule has 0 unspecified atom stereocenters. The Hall–Kier alpha value is -2.71. The third-order valence-corrected chi connectivity index (χ3v) is 4.73. The molecular formula is C18H22N6OS. The second-order valence-electron chi connectivity index (χ2n) is 5.83. The molecule has 0 radical (unpaired) electrons. The van der Waals surface area contributed by atoms with Gasteiger partial charge in [-0.25, -0.2) is 9.67 Å². The number of hydrogen-bond acceptors (Lipinski definition) is 6. The lowest BCUT2D eigenvalue weighted by Crippen LogP contribution is -2.25. The van der Waals surface area contributed by atoms with Crippen LogP contribution in [0.5, 0.6) is 0 Å². The molecule has 0 fully saturated rings. The summed E-state index contributed by atoms with van der Waals surface area (Å²) >= 11 is 1.46. The lowest BCUT2D eigenvalue weighted by molar-refractivity contribution is 0.0948. The maximum atomic E-state index is 12.1. The number of aryl methyl sites for hydroxylation is 1. The molecule has 0 saturated carbocycles. The molecule has 5 N–H and O–H groups in total. The Morgan fingerprint density at radius 3 is 2.81 bits per heavy atom. The molecular weight excluding hydrogens is 348 g/mol. The fraction of sp³-hybridized carbons (Fsp3) is 0.278. The van der Waals surface area contributed by atoms with E-state index < -0.39 is 0 Å². The van der Waals surface area contributed by atoms with Gasteiger partial charge in [0.1, 0.15) is 11.5 Å². The molecule has 0 aliphatic heterocycles. The second kappa shape index (κ2) is 8.59. The maximum absolute atomic E-state index is 12.1. The fourth-order valence-electron chi connectivity index (χ4n) is 2.56. The van der Waals surface area contributed by atoms with Crippen molar-refractivity contribution < 1.29 is 4.79 Å². The first-order chi connectivity index (χ1) is 12.7. The minimum atomic E-state index is -0.154. The van der Waals surface area contributed by atoms with E-state index in [1.165, 1.54) is 11.3 Å². The van der Waals surface area contributed by atoms with Crippen LogP contribution in [0.2, 0.25) is 0 Å². The van der Waals surface area contributed by atoms with Crippen molar-refractivity contribution in [3.8, 4) is 5.69 Å². The summed E-state index contributed by atoms with van der Waals surface area (Å²) in [6.07, 6.45) is 2.21. The van der Waals surface area contributed by atoms with Crippen LogP contribution in [0, 0.1) is 0 Å². The molecule has 0 atom stereocenters. The summed E-state index contributed by atoms with van der Waals surface area (Å²) in [7, 11) is 0. The van der Waals surface area contributed by atoms with Gasteiger partial charge in [-0.1, -0.05) is 18.2 Å². The van der Waals surface area contributed by atoms with Crippen molar-refractivity contribution in [3.63, 3.8) is 0 Å². The SMILES string of the molecule is NCCc1nc(C(=O)NCCCc2cc(N)n(-c3ccccc3)n2)cs1. The van der Waals surface area contributed by atoms with Crippen molar-refractivity contribution in [3.05, 3.63) is 58.2 Å². The van der Waals surface area contributed by atoms with Gasteiger partial charge in [0.15, 0.2) is 0 Å². The van der Waals surface area contributed by atoms with Crippen molar-refractivity contribution in [1.82, 2.24) is 20.1 Å². The number of aromatic nitrogens is 3. The van der Waals surface area contributed by atoms with Crippen molar-refractivity contribution >= 4 is 23.1 Å². The summed E-state index contributed by atoms with van der Waals surface area (Å²) in [6, 6.07) is 11.6. The Morgan fingerprint density at radius 2 is 2.04 bits per heavy atom. The molecule has 0 aliphatic carbocycles. The van der Waals surface area contributed by atoms with E-state index in [9.17, 15) is 4.79 Å². The van der Waals surface area contributed by atoms with Gasteiger partial charge in [-0.3, -0.25) is 4.79 Å². The number of hydrogen-bond donors (Lipinski definition) is 3. The highest BCUT2D eigenvalue weighted by Crippen LogP contribution is 2.15. The topological polar surface area (TPSA) is 112 Å². The number of rotatable bonds is 8. The molecule has 7 nitrogen and oxygen atoms in total. The van der Waals surface area contributed by atoms with Gasteiger partial charge in [-0.2, -0.15) is 5.10 Å². The van der Waals surface area contributed by atoms with E-state index in [-0.39, 0.29) is 5.91 Å². The van der Waals surface area contributed by atoms with Crippen molar-refractivity contribution in [2.75, 3.05) is 18.8 Å². The molecule has 136 valence electrons. The normalized spacial score (nSPS) is 10.8. The Bertz CT molecular complexity index is 858. The van der Waals surface area contributed by atoms with Crippen LogP contribution in [0.3, 0.4) is 0 Å². The second-order valence-corrected chi connectivity index (χ2v) is 6.78. The van der Waals surface area contributed by atoms with Gasteiger partial charge in [-0.05, 0) is 31.5 Å². The zero-order valence-corrected chi connectivity index (χ0v) is 15.2. The van der Waals surface area contributed by atoms with Gasteiger partial charge in [-0.15, -0.1) is 11.3 Å². The Labute approximate surface area is 156 Å². The fourth-order valence-corrected chi connectivity index (χ4v) is 3.35. The molecule has 0 saturated heterocycles. The Kier molecular flexibility index (Phi) is 5.98. The molecule has 2 aromatic heterocycles. The molecule has 1 amide bonds. The van der Waals surface area contributed by atoms with Gasteiger partial charge in [0.2, 0.25) is 0 Å². The number of para-hydroxylation sites is 1. The average Bonchev–Trinajstić information content (AvgIpc) is 3.26. The van der Waals surface area contributed by atoms with E-state index in [0.717, 1.165) is 29.2 Å². The van der Waals surface area contributed by atoms with E-state index in [1.807, 2.05) is 36.4 Å². The number of carbonyl (C=O) groups excluding carboxylic acids is 1. The predicted octanol–water partition coefficient (Wildman–Crippen LogP) is 1.77. The number of nitrogen functional groups attached to an aromatic ring is 1. The summed E-state index contributed by atoms with van der Waals surface area (Å²) in [6.45, 7) is 1.09. The number of carbonyl (C=O) groups is 1. The van der Waals surface area contributed by atoms with Crippen molar-refractivity contribution in [1.29, 1.82) is 0 Å².